The third-order valence-electron chi connectivity index (χ3n) is 2.99. The van der Waals surface area contributed by atoms with Crippen LogP contribution in [0.3, 0.4) is 0 Å². The minimum absolute atomic E-state index is 0.903. The Balaban J connectivity index is 1.95. The van der Waals surface area contributed by atoms with Gasteiger partial charge in [0.2, 0.25) is 0 Å². The topological polar surface area (TPSA) is 24.9 Å². The van der Waals surface area contributed by atoms with Crippen LogP contribution in [0.1, 0.15) is 16.7 Å². The molecule has 0 aliphatic carbocycles. The Hall–Kier alpha value is -1.35. The molecule has 0 saturated carbocycles. The molecule has 2 nitrogen and oxygen atoms in total. The van der Waals surface area contributed by atoms with Crippen LogP contribution in [0, 0.1) is 13.8 Å². The Kier molecular flexibility index (Phi) is 4.37. The van der Waals surface area contributed by atoms with E-state index < -0.39 is 0 Å². The van der Waals surface area contributed by atoms with Crippen molar-refractivity contribution in [3.05, 3.63) is 57.7 Å². The number of hydrogen-bond acceptors (Lipinski definition) is 2. The molecule has 1 aromatic carbocycles. The van der Waals surface area contributed by atoms with E-state index in [4.69, 9.17) is 0 Å². The van der Waals surface area contributed by atoms with E-state index in [9.17, 15) is 0 Å². The maximum atomic E-state index is 4.37. The van der Waals surface area contributed by atoms with Crippen molar-refractivity contribution in [2.75, 3.05) is 11.9 Å². The third kappa shape index (κ3) is 3.33. The number of halogens is 1. The van der Waals surface area contributed by atoms with E-state index in [0.29, 0.717) is 0 Å². The molecule has 2 rings (SSSR count). The standard InChI is InChI=1S/C15H17BrN2/c1-11-5-3-4-6-13(11)7-8-17-15-12(2)9-14(16)10-18-15/h3-6,9-10H,7-8H2,1-2H3,(H,17,18). The smallest absolute Gasteiger partial charge is 0.128 e. The summed E-state index contributed by atoms with van der Waals surface area (Å²) in [5, 5.41) is 3.38. The summed E-state index contributed by atoms with van der Waals surface area (Å²) in [6, 6.07) is 10.6. The van der Waals surface area contributed by atoms with Gasteiger partial charge in [0.05, 0.1) is 0 Å². The van der Waals surface area contributed by atoms with Crippen molar-refractivity contribution in [3.63, 3.8) is 0 Å². The highest BCUT2D eigenvalue weighted by Gasteiger charge is 2.01. The maximum Gasteiger partial charge on any atom is 0.128 e. The first kappa shape index (κ1) is 13.1. The van der Waals surface area contributed by atoms with Gasteiger partial charge in [0.1, 0.15) is 5.82 Å². The van der Waals surface area contributed by atoms with Gasteiger partial charge in [-0.2, -0.15) is 0 Å². The number of benzene rings is 1. The van der Waals surface area contributed by atoms with Crippen LogP contribution in [0.2, 0.25) is 0 Å². The molecular formula is C15H17BrN2. The van der Waals surface area contributed by atoms with E-state index in [0.717, 1.165) is 28.8 Å². The van der Waals surface area contributed by atoms with Gasteiger partial charge >= 0.3 is 0 Å². The van der Waals surface area contributed by atoms with E-state index in [2.05, 4.69) is 70.4 Å². The second-order valence-corrected chi connectivity index (χ2v) is 5.34. The lowest BCUT2D eigenvalue weighted by atomic mass is 10.1. The molecule has 2 aromatic rings. The molecule has 1 N–H and O–H groups in total. The van der Waals surface area contributed by atoms with Crippen LogP contribution in [0.15, 0.2) is 41.0 Å². The Morgan fingerprint density at radius 1 is 1.17 bits per heavy atom. The zero-order valence-electron chi connectivity index (χ0n) is 10.7. The number of anilines is 1. The summed E-state index contributed by atoms with van der Waals surface area (Å²) in [5.41, 5.74) is 3.90. The van der Waals surface area contributed by atoms with Gasteiger partial charge in [-0.1, -0.05) is 24.3 Å². The summed E-state index contributed by atoms with van der Waals surface area (Å²) in [7, 11) is 0. The van der Waals surface area contributed by atoms with Crippen molar-refractivity contribution < 1.29 is 0 Å². The molecule has 0 aliphatic rings. The molecule has 0 amide bonds. The molecule has 1 aromatic heterocycles. The fourth-order valence-corrected chi connectivity index (χ4v) is 2.38. The zero-order valence-corrected chi connectivity index (χ0v) is 12.3. The molecule has 0 unspecified atom stereocenters. The summed E-state index contributed by atoms with van der Waals surface area (Å²) in [5.74, 6) is 0.965. The van der Waals surface area contributed by atoms with Crippen LogP contribution >= 0.6 is 15.9 Å². The van der Waals surface area contributed by atoms with Gasteiger partial charge in [-0.05, 0) is 59.0 Å². The highest BCUT2D eigenvalue weighted by Crippen LogP contribution is 2.17. The second-order valence-electron chi connectivity index (χ2n) is 4.42. The zero-order chi connectivity index (χ0) is 13.0. The summed E-state index contributed by atoms with van der Waals surface area (Å²) in [4.78, 5) is 4.37. The Labute approximate surface area is 117 Å². The van der Waals surface area contributed by atoms with Gasteiger partial charge in [-0.15, -0.1) is 0 Å². The minimum atomic E-state index is 0.903. The first-order chi connectivity index (χ1) is 8.66. The predicted molar refractivity (Wildman–Crippen MR) is 80.0 cm³/mol. The van der Waals surface area contributed by atoms with E-state index >= 15 is 0 Å². The van der Waals surface area contributed by atoms with Crippen LogP contribution in [0.25, 0.3) is 0 Å². The SMILES string of the molecule is Cc1ccccc1CCNc1ncc(Br)cc1C. The summed E-state index contributed by atoms with van der Waals surface area (Å²) in [6.45, 7) is 5.12. The van der Waals surface area contributed by atoms with Crippen LogP contribution in [-0.2, 0) is 6.42 Å². The van der Waals surface area contributed by atoms with E-state index in [1.165, 1.54) is 11.1 Å². The molecule has 0 fully saturated rings. The molecule has 94 valence electrons. The normalized spacial score (nSPS) is 10.4. The van der Waals surface area contributed by atoms with Gasteiger partial charge in [0.15, 0.2) is 0 Å². The van der Waals surface area contributed by atoms with Crippen LogP contribution in [0.5, 0.6) is 0 Å². The number of aryl methyl sites for hydroxylation is 2. The first-order valence-corrected chi connectivity index (χ1v) is 6.86. The number of hydrogen-bond donors (Lipinski definition) is 1. The molecule has 0 bridgehead atoms. The Morgan fingerprint density at radius 2 is 1.94 bits per heavy atom. The fraction of sp³-hybridized carbons (Fsp3) is 0.267. The summed E-state index contributed by atoms with van der Waals surface area (Å²) >= 11 is 3.42. The van der Waals surface area contributed by atoms with E-state index in [1.54, 1.807) is 0 Å². The van der Waals surface area contributed by atoms with Gasteiger partial charge in [-0.25, -0.2) is 4.98 Å². The van der Waals surface area contributed by atoms with Crippen LogP contribution in [0.4, 0.5) is 5.82 Å². The molecule has 0 aliphatic heterocycles. The Morgan fingerprint density at radius 3 is 2.67 bits per heavy atom. The predicted octanol–water partition coefficient (Wildman–Crippen LogP) is 4.12. The molecule has 0 radical (unpaired) electrons. The van der Waals surface area contributed by atoms with Gasteiger partial charge in [-0.3, -0.25) is 0 Å². The van der Waals surface area contributed by atoms with Crippen LogP contribution < -0.4 is 5.32 Å². The monoisotopic (exact) mass is 304 g/mol. The van der Waals surface area contributed by atoms with Crippen molar-refractivity contribution in [3.8, 4) is 0 Å². The fourth-order valence-electron chi connectivity index (χ4n) is 1.93. The highest BCUT2D eigenvalue weighted by atomic mass is 79.9. The molecular weight excluding hydrogens is 288 g/mol. The van der Waals surface area contributed by atoms with Crippen molar-refractivity contribution in [2.24, 2.45) is 0 Å². The van der Waals surface area contributed by atoms with Gasteiger partial charge < -0.3 is 5.32 Å². The van der Waals surface area contributed by atoms with Gasteiger partial charge in [0, 0.05) is 17.2 Å². The number of nitrogens with one attached hydrogen (secondary N) is 1. The Bertz CT molecular complexity index is 538. The number of nitrogens with zero attached hydrogens (tertiary/aromatic N) is 1. The number of pyridine rings is 1. The molecule has 3 heteroatoms. The van der Waals surface area contributed by atoms with E-state index in [1.807, 2.05) is 6.20 Å². The molecule has 18 heavy (non-hydrogen) atoms. The number of rotatable bonds is 4. The van der Waals surface area contributed by atoms with Crippen molar-refractivity contribution in [2.45, 2.75) is 20.3 Å². The largest absolute Gasteiger partial charge is 0.370 e. The molecule has 0 atom stereocenters. The molecule has 0 saturated heterocycles. The second kappa shape index (κ2) is 6.01. The maximum absolute atomic E-state index is 4.37. The summed E-state index contributed by atoms with van der Waals surface area (Å²) < 4.78 is 1.02. The quantitative estimate of drug-likeness (QED) is 0.919. The third-order valence-corrected chi connectivity index (χ3v) is 3.43. The lowest BCUT2D eigenvalue weighted by Crippen LogP contribution is -2.08. The molecule has 0 spiro atoms. The number of aromatic nitrogens is 1. The van der Waals surface area contributed by atoms with Crippen molar-refractivity contribution >= 4 is 21.7 Å². The van der Waals surface area contributed by atoms with Crippen molar-refractivity contribution in [1.82, 2.24) is 4.98 Å². The lowest BCUT2D eigenvalue weighted by molar-refractivity contribution is 0.989. The lowest BCUT2D eigenvalue weighted by Gasteiger charge is -2.10. The first-order valence-electron chi connectivity index (χ1n) is 6.07. The van der Waals surface area contributed by atoms with Crippen LogP contribution in [-0.4, -0.2) is 11.5 Å². The minimum Gasteiger partial charge on any atom is -0.370 e. The summed E-state index contributed by atoms with van der Waals surface area (Å²) in [6.07, 6.45) is 2.84. The average molecular weight is 305 g/mol. The van der Waals surface area contributed by atoms with Gasteiger partial charge in [0.25, 0.3) is 0 Å². The highest BCUT2D eigenvalue weighted by molar-refractivity contribution is 9.10. The average Bonchev–Trinajstić information content (AvgIpc) is 2.34. The van der Waals surface area contributed by atoms with Crippen molar-refractivity contribution in [1.29, 1.82) is 0 Å². The van der Waals surface area contributed by atoms with E-state index in [-0.39, 0.29) is 0 Å². The molecule has 1 heterocycles.